The van der Waals surface area contributed by atoms with Crippen LogP contribution in [0.25, 0.3) is 0 Å². The number of nitrogens with one attached hydrogen (secondary N) is 1. The molecule has 0 radical (unpaired) electrons. The van der Waals surface area contributed by atoms with Gasteiger partial charge in [-0.05, 0) is 26.4 Å². The second-order valence-corrected chi connectivity index (χ2v) is 2.89. The lowest BCUT2D eigenvalue weighted by molar-refractivity contribution is 0.692. The van der Waals surface area contributed by atoms with Gasteiger partial charge in [-0.1, -0.05) is 0 Å². The maximum absolute atomic E-state index is 5.63. The molecule has 0 unspecified atom stereocenters. The van der Waals surface area contributed by atoms with Crippen LogP contribution < -0.4 is 11.1 Å². The van der Waals surface area contributed by atoms with Gasteiger partial charge in [0, 0.05) is 13.1 Å². The lowest BCUT2D eigenvalue weighted by Gasteiger charge is -1.95. The van der Waals surface area contributed by atoms with E-state index in [0.29, 0.717) is 0 Å². The van der Waals surface area contributed by atoms with E-state index in [1.165, 1.54) is 0 Å². The van der Waals surface area contributed by atoms with Crippen LogP contribution in [0.15, 0.2) is 6.07 Å². The molecule has 0 fully saturated rings. The molecule has 0 spiro atoms. The Kier molecular flexibility index (Phi) is 3.10. The molecule has 1 rings (SSSR count). The van der Waals surface area contributed by atoms with Gasteiger partial charge in [-0.2, -0.15) is 5.10 Å². The molecule has 0 aromatic carbocycles. The number of nitrogen functional groups attached to an aromatic ring is 1. The van der Waals surface area contributed by atoms with Crippen LogP contribution in [-0.4, -0.2) is 23.4 Å². The minimum atomic E-state index is 0.731. The summed E-state index contributed by atoms with van der Waals surface area (Å²) in [4.78, 5) is 0. The average Bonchev–Trinajstić information content (AvgIpc) is 2.32. The fourth-order valence-electron chi connectivity index (χ4n) is 1.11. The summed E-state index contributed by atoms with van der Waals surface area (Å²) in [5, 5.41) is 7.34. The largest absolute Gasteiger partial charge is 0.384 e. The SMILES string of the molecule is CNCCCc1cc(N)n(C)n1. The predicted molar refractivity (Wildman–Crippen MR) is 49.9 cm³/mol. The highest BCUT2D eigenvalue weighted by atomic mass is 15.3. The zero-order chi connectivity index (χ0) is 8.97. The summed E-state index contributed by atoms with van der Waals surface area (Å²) in [6.07, 6.45) is 2.10. The van der Waals surface area contributed by atoms with Crippen molar-refractivity contribution in [1.82, 2.24) is 15.1 Å². The molecule has 0 atom stereocenters. The first-order valence-electron chi connectivity index (χ1n) is 4.17. The molecule has 0 aliphatic heterocycles. The third-order valence-electron chi connectivity index (χ3n) is 1.83. The number of aryl methyl sites for hydroxylation is 2. The number of nitrogens with two attached hydrogens (primary N) is 1. The van der Waals surface area contributed by atoms with Crippen molar-refractivity contribution in [1.29, 1.82) is 0 Å². The molecule has 4 nitrogen and oxygen atoms in total. The zero-order valence-electron chi connectivity index (χ0n) is 7.67. The molecule has 0 aliphatic rings. The van der Waals surface area contributed by atoms with Crippen LogP contribution in [0.1, 0.15) is 12.1 Å². The first-order valence-corrected chi connectivity index (χ1v) is 4.17. The van der Waals surface area contributed by atoms with E-state index in [-0.39, 0.29) is 0 Å². The summed E-state index contributed by atoms with van der Waals surface area (Å²) in [5.74, 6) is 0.731. The number of hydrogen-bond acceptors (Lipinski definition) is 3. The molecule has 1 aromatic heterocycles. The van der Waals surface area contributed by atoms with Crippen LogP contribution in [0.5, 0.6) is 0 Å². The lowest BCUT2D eigenvalue weighted by atomic mass is 10.2. The topological polar surface area (TPSA) is 55.9 Å². The van der Waals surface area contributed by atoms with Gasteiger partial charge in [0.25, 0.3) is 0 Å². The summed E-state index contributed by atoms with van der Waals surface area (Å²) in [6.45, 7) is 1.02. The van der Waals surface area contributed by atoms with Crippen LogP contribution in [0.4, 0.5) is 5.82 Å². The van der Waals surface area contributed by atoms with Crippen molar-refractivity contribution in [2.45, 2.75) is 12.8 Å². The highest BCUT2D eigenvalue weighted by Gasteiger charge is 2.00. The molecule has 4 heteroatoms. The molecule has 1 aromatic rings. The van der Waals surface area contributed by atoms with Gasteiger partial charge in [0.15, 0.2) is 0 Å². The van der Waals surface area contributed by atoms with E-state index in [4.69, 9.17) is 5.73 Å². The van der Waals surface area contributed by atoms with Crippen molar-refractivity contribution in [3.8, 4) is 0 Å². The smallest absolute Gasteiger partial charge is 0.121 e. The van der Waals surface area contributed by atoms with Crippen LogP contribution in [0.2, 0.25) is 0 Å². The molecule has 12 heavy (non-hydrogen) atoms. The molecule has 1 heterocycles. The molecule has 68 valence electrons. The van der Waals surface area contributed by atoms with Crippen molar-refractivity contribution in [3.63, 3.8) is 0 Å². The van der Waals surface area contributed by atoms with E-state index in [1.54, 1.807) is 4.68 Å². The van der Waals surface area contributed by atoms with Crippen LogP contribution in [0, 0.1) is 0 Å². The third kappa shape index (κ3) is 2.23. The zero-order valence-corrected chi connectivity index (χ0v) is 7.67. The molecule has 0 aliphatic carbocycles. The monoisotopic (exact) mass is 168 g/mol. The summed E-state index contributed by atoms with van der Waals surface area (Å²) in [5.41, 5.74) is 6.70. The summed E-state index contributed by atoms with van der Waals surface area (Å²) >= 11 is 0. The van der Waals surface area contributed by atoms with E-state index in [0.717, 1.165) is 30.9 Å². The number of aromatic nitrogens is 2. The standard InChI is InChI=1S/C8H16N4/c1-10-5-3-4-7-6-8(9)12(2)11-7/h6,10H,3-5,9H2,1-2H3. The van der Waals surface area contributed by atoms with E-state index in [1.807, 2.05) is 20.2 Å². The van der Waals surface area contributed by atoms with Gasteiger partial charge in [-0.25, -0.2) is 0 Å². The minimum absolute atomic E-state index is 0.731. The van der Waals surface area contributed by atoms with E-state index in [9.17, 15) is 0 Å². The number of nitrogens with zero attached hydrogens (tertiary/aromatic N) is 2. The van der Waals surface area contributed by atoms with Gasteiger partial charge in [0.2, 0.25) is 0 Å². The fraction of sp³-hybridized carbons (Fsp3) is 0.625. The van der Waals surface area contributed by atoms with Crippen molar-refractivity contribution in [2.24, 2.45) is 7.05 Å². The van der Waals surface area contributed by atoms with E-state index >= 15 is 0 Å². The molecule has 0 bridgehead atoms. The van der Waals surface area contributed by atoms with Crippen molar-refractivity contribution >= 4 is 5.82 Å². The summed E-state index contributed by atoms with van der Waals surface area (Å²) in [6, 6.07) is 1.93. The van der Waals surface area contributed by atoms with Gasteiger partial charge in [0.1, 0.15) is 5.82 Å². The normalized spacial score (nSPS) is 10.5. The van der Waals surface area contributed by atoms with Gasteiger partial charge < -0.3 is 11.1 Å². The third-order valence-corrected chi connectivity index (χ3v) is 1.83. The first kappa shape index (κ1) is 9.06. The predicted octanol–water partition coefficient (Wildman–Crippen LogP) is 0.154. The molecule has 0 saturated heterocycles. The van der Waals surface area contributed by atoms with Crippen LogP contribution in [0.3, 0.4) is 0 Å². The maximum atomic E-state index is 5.63. The van der Waals surface area contributed by atoms with E-state index in [2.05, 4.69) is 10.4 Å². The van der Waals surface area contributed by atoms with Crippen molar-refractivity contribution in [3.05, 3.63) is 11.8 Å². The maximum Gasteiger partial charge on any atom is 0.121 e. The number of rotatable bonds is 4. The summed E-state index contributed by atoms with van der Waals surface area (Å²) < 4.78 is 1.70. The van der Waals surface area contributed by atoms with Crippen molar-refractivity contribution in [2.75, 3.05) is 19.3 Å². The quantitative estimate of drug-likeness (QED) is 0.629. The second-order valence-electron chi connectivity index (χ2n) is 2.89. The first-order chi connectivity index (χ1) is 5.74. The Bertz CT molecular complexity index is 222. The van der Waals surface area contributed by atoms with Crippen LogP contribution >= 0.6 is 0 Å². The molecular formula is C8H16N4. The van der Waals surface area contributed by atoms with E-state index < -0.39 is 0 Å². The van der Waals surface area contributed by atoms with Crippen LogP contribution in [-0.2, 0) is 13.5 Å². The van der Waals surface area contributed by atoms with Crippen molar-refractivity contribution < 1.29 is 0 Å². The van der Waals surface area contributed by atoms with Gasteiger partial charge >= 0.3 is 0 Å². The Labute approximate surface area is 72.8 Å². The molecule has 0 saturated carbocycles. The Balaban J connectivity index is 2.42. The Morgan fingerprint density at radius 1 is 1.67 bits per heavy atom. The number of hydrogen-bond donors (Lipinski definition) is 2. The second kappa shape index (κ2) is 4.11. The Morgan fingerprint density at radius 2 is 2.42 bits per heavy atom. The molecule has 0 amide bonds. The molecule has 3 N–H and O–H groups in total. The Morgan fingerprint density at radius 3 is 2.92 bits per heavy atom. The van der Waals surface area contributed by atoms with Gasteiger partial charge in [-0.15, -0.1) is 0 Å². The summed E-state index contributed by atoms with van der Waals surface area (Å²) in [7, 11) is 3.81. The Hall–Kier alpha value is -1.03. The van der Waals surface area contributed by atoms with Gasteiger partial charge in [-0.3, -0.25) is 4.68 Å². The average molecular weight is 168 g/mol. The minimum Gasteiger partial charge on any atom is -0.384 e. The highest BCUT2D eigenvalue weighted by molar-refractivity contribution is 5.30. The van der Waals surface area contributed by atoms with Gasteiger partial charge in [0.05, 0.1) is 5.69 Å². The number of anilines is 1. The molecular weight excluding hydrogens is 152 g/mol. The lowest BCUT2D eigenvalue weighted by Crippen LogP contribution is -2.08. The highest BCUT2D eigenvalue weighted by Crippen LogP contribution is 2.05. The fourth-order valence-corrected chi connectivity index (χ4v) is 1.11.